The zero-order chi connectivity index (χ0) is 11.9. The predicted molar refractivity (Wildman–Crippen MR) is 72.3 cm³/mol. The second kappa shape index (κ2) is 3.57. The van der Waals surface area contributed by atoms with E-state index in [-0.39, 0.29) is 0 Å². The third-order valence-corrected chi connectivity index (χ3v) is 3.47. The summed E-state index contributed by atoms with van der Waals surface area (Å²) in [4.78, 5) is 8.19. The van der Waals surface area contributed by atoms with Gasteiger partial charge >= 0.3 is 0 Å². The molecule has 1 N–H and O–H groups in total. The van der Waals surface area contributed by atoms with Gasteiger partial charge in [-0.25, -0.2) is 4.98 Å². The first-order valence-corrected chi connectivity index (χ1v) is 6.14. The van der Waals surface area contributed by atoms with Gasteiger partial charge in [0, 0.05) is 23.2 Å². The van der Waals surface area contributed by atoms with Crippen LogP contribution in [0.1, 0.15) is 11.3 Å². The highest BCUT2D eigenvalue weighted by atomic mass is 14.9. The number of nitrogens with one attached hydrogen (secondary N) is 1. The van der Waals surface area contributed by atoms with Crippen molar-refractivity contribution in [1.29, 1.82) is 0 Å². The lowest BCUT2D eigenvalue weighted by molar-refractivity contribution is 1.15. The maximum atomic E-state index is 4.75. The summed E-state index contributed by atoms with van der Waals surface area (Å²) in [5.41, 5.74) is 6.13. The Labute approximate surface area is 105 Å². The summed E-state index contributed by atoms with van der Waals surface area (Å²) in [6.07, 6.45) is 0.964. The van der Waals surface area contributed by atoms with E-state index in [0.29, 0.717) is 0 Å². The molecule has 0 saturated heterocycles. The van der Waals surface area contributed by atoms with Crippen molar-refractivity contribution in [1.82, 2.24) is 9.97 Å². The fourth-order valence-corrected chi connectivity index (χ4v) is 2.59. The van der Waals surface area contributed by atoms with Crippen LogP contribution in [0.3, 0.4) is 0 Å². The van der Waals surface area contributed by atoms with E-state index >= 15 is 0 Å². The molecule has 0 unspecified atom stereocenters. The molecule has 0 aliphatic heterocycles. The molecule has 0 amide bonds. The molecule has 2 heteroatoms. The molecule has 1 aliphatic carbocycles. The molecule has 0 bridgehead atoms. The highest BCUT2D eigenvalue weighted by Gasteiger charge is 2.22. The number of hydrogen-bond acceptors (Lipinski definition) is 1. The van der Waals surface area contributed by atoms with Crippen molar-refractivity contribution < 1.29 is 0 Å². The molecular weight excluding hydrogens is 220 g/mol. The van der Waals surface area contributed by atoms with Gasteiger partial charge in [-0.1, -0.05) is 54.6 Å². The van der Waals surface area contributed by atoms with Crippen molar-refractivity contribution in [2.75, 3.05) is 0 Å². The van der Waals surface area contributed by atoms with E-state index < -0.39 is 0 Å². The number of rotatable bonds is 1. The van der Waals surface area contributed by atoms with Crippen LogP contribution in [0.5, 0.6) is 0 Å². The minimum absolute atomic E-state index is 0.964. The summed E-state index contributed by atoms with van der Waals surface area (Å²) >= 11 is 0. The second-order valence-corrected chi connectivity index (χ2v) is 4.61. The Kier molecular flexibility index (Phi) is 1.92. The van der Waals surface area contributed by atoms with Crippen LogP contribution in [0.2, 0.25) is 0 Å². The fourth-order valence-electron chi connectivity index (χ4n) is 2.59. The molecule has 3 aromatic rings. The molecule has 86 valence electrons. The van der Waals surface area contributed by atoms with Crippen molar-refractivity contribution >= 4 is 0 Å². The number of aromatic nitrogens is 2. The highest BCUT2D eigenvalue weighted by Crippen LogP contribution is 2.36. The SMILES string of the molecule is c1ccc(-c2nc3c([nH]2)Cc2ccccc2-3)cc1. The summed E-state index contributed by atoms with van der Waals surface area (Å²) in [5.74, 6) is 0.968. The molecule has 1 aliphatic rings. The standard InChI is InChI=1S/C16H12N2/c1-2-6-11(7-3-1)16-17-14-10-12-8-4-5-9-13(12)15(14)18-16/h1-9H,10H2,(H,17,18). The van der Waals surface area contributed by atoms with E-state index in [1.165, 1.54) is 16.8 Å². The minimum Gasteiger partial charge on any atom is -0.341 e. The summed E-state index contributed by atoms with van der Waals surface area (Å²) in [7, 11) is 0. The van der Waals surface area contributed by atoms with Crippen molar-refractivity contribution in [2.24, 2.45) is 0 Å². The van der Waals surface area contributed by atoms with Gasteiger partial charge in [0.15, 0.2) is 0 Å². The van der Waals surface area contributed by atoms with Crippen LogP contribution >= 0.6 is 0 Å². The van der Waals surface area contributed by atoms with Gasteiger partial charge in [0.05, 0.1) is 5.69 Å². The monoisotopic (exact) mass is 232 g/mol. The van der Waals surface area contributed by atoms with Gasteiger partial charge in [0.2, 0.25) is 0 Å². The molecule has 4 rings (SSSR count). The van der Waals surface area contributed by atoms with Crippen molar-refractivity contribution in [3.63, 3.8) is 0 Å². The van der Waals surface area contributed by atoms with Crippen LogP contribution in [-0.2, 0) is 6.42 Å². The number of aromatic amines is 1. The van der Waals surface area contributed by atoms with E-state index in [0.717, 1.165) is 23.5 Å². The lowest BCUT2D eigenvalue weighted by Crippen LogP contribution is -1.85. The average Bonchev–Trinajstić information content (AvgIpc) is 2.97. The summed E-state index contributed by atoms with van der Waals surface area (Å²) in [6, 6.07) is 18.8. The Balaban J connectivity index is 1.86. The summed E-state index contributed by atoms with van der Waals surface area (Å²) < 4.78 is 0. The van der Waals surface area contributed by atoms with Crippen LogP contribution in [0, 0.1) is 0 Å². The van der Waals surface area contributed by atoms with E-state index in [9.17, 15) is 0 Å². The lowest BCUT2D eigenvalue weighted by Gasteiger charge is -1.99. The first-order valence-electron chi connectivity index (χ1n) is 6.14. The molecule has 1 aromatic heterocycles. The number of nitrogens with zero attached hydrogens (tertiary/aromatic N) is 1. The third-order valence-electron chi connectivity index (χ3n) is 3.47. The van der Waals surface area contributed by atoms with E-state index in [2.05, 4.69) is 41.4 Å². The van der Waals surface area contributed by atoms with E-state index in [1.54, 1.807) is 0 Å². The largest absolute Gasteiger partial charge is 0.341 e. The summed E-state index contributed by atoms with van der Waals surface area (Å²) in [5, 5.41) is 0. The van der Waals surface area contributed by atoms with Gasteiger partial charge < -0.3 is 4.98 Å². The minimum atomic E-state index is 0.964. The Morgan fingerprint density at radius 2 is 1.67 bits per heavy atom. The van der Waals surface area contributed by atoms with Gasteiger partial charge in [0.1, 0.15) is 5.82 Å². The second-order valence-electron chi connectivity index (χ2n) is 4.61. The molecule has 0 saturated carbocycles. The molecule has 0 radical (unpaired) electrons. The molecule has 2 nitrogen and oxygen atoms in total. The van der Waals surface area contributed by atoms with Crippen molar-refractivity contribution in [2.45, 2.75) is 6.42 Å². The zero-order valence-corrected chi connectivity index (χ0v) is 9.85. The normalized spacial score (nSPS) is 12.2. The number of hydrogen-bond donors (Lipinski definition) is 1. The Morgan fingerprint density at radius 3 is 2.56 bits per heavy atom. The zero-order valence-electron chi connectivity index (χ0n) is 9.85. The number of imidazole rings is 1. The summed E-state index contributed by atoms with van der Waals surface area (Å²) in [6.45, 7) is 0. The molecule has 2 aromatic carbocycles. The number of H-pyrrole nitrogens is 1. The van der Waals surface area contributed by atoms with Crippen molar-refractivity contribution in [3.05, 3.63) is 65.9 Å². The fraction of sp³-hybridized carbons (Fsp3) is 0.0625. The third kappa shape index (κ3) is 1.32. The van der Waals surface area contributed by atoms with E-state index in [4.69, 9.17) is 4.98 Å². The van der Waals surface area contributed by atoms with Gasteiger partial charge in [-0.3, -0.25) is 0 Å². The molecule has 0 spiro atoms. The maximum absolute atomic E-state index is 4.75. The van der Waals surface area contributed by atoms with Crippen LogP contribution in [0.15, 0.2) is 54.6 Å². The molecule has 0 atom stereocenters. The number of fused-ring (bicyclic) bond motifs is 3. The van der Waals surface area contributed by atoms with Crippen LogP contribution in [-0.4, -0.2) is 9.97 Å². The predicted octanol–water partition coefficient (Wildman–Crippen LogP) is 3.65. The van der Waals surface area contributed by atoms with Gasteiger partial charge in [-0.2, -0.15) is 0 Å². The highest BCUT2D eigenvalue weighted by molar-refractivity contribution is 5.75. The molecule has 0 fully saturated rings. The van der Waals surface area contributed by atoms with Crippen molar-refractivity contribution in [3.8, 4) is 22.6 Å². The Morgan fingerprint density at radius 1 is 0.889 bits per heavy atom. The Hall–Kier alpha value is -2.35. The maximum Gasteiger partial charge on any atom is 0.138 e. The first-order chi connectivity index (χ1) is 8.92. The smallest absolute Gasteiger partial charge is 0.138 e. The van der Waals surface area contributed by atoms with E-state index in [1.807, 2.05) is 18.2 Å². The molecular formula is C16H12N2. The van der Waals surface area contributed by atoms with Gasteiger partial charge in [0.25, 0.3) is 0 Å². The molecule has 1 heterocycles. The topological polar surface area (TPSA) is 28.7 Å². The molecule has 18 heavy (non-hydrogen) atoms. The van der Waals surface area contributed by atoms with Gasteiger partial charge in [-0.15, -0.1) is 0 Å². The van der Waals surface area contributed by atoms with Crippen LogP contribution < -0.4 is 0 Å². The van der Waals surface area contributed by atoms with Gasteiger partial charge in [-0.05, 0) is 5.56 Å². The van der Waals surface area contributed by atoms with Crippen LogP contribution in [0.25, 0.3) is 22.6 Å². The Bertz CT molecular complexity index is 711. The lowest BCUT2D eigenvalue weighted by atomic mass is 10.1. The average molecular weight is 232 g/mol. The number of benzene rings is 2. The quantitative estimate of drug-likeness (QED) is 0.533. The van der Waals surface area contributed by atoms with Crippen LogP contribution in [0.4, 0.5) is 0 Å². The first kappa shape index (κ1) is 9.66.